The van der Waals surface area contributed by atoms with Crippen molar-refractivity contribution in [2.24, 2.45) is 0 Å². The molecule has 4 rings (SSSR count). The first-order valence-corrected chi connectivity index (χ1v) is 7.57. The molecule has 1 aromatic carbocycles. The van der Waals surface area contributed by atoms with E-state index in [0.29, 0.717) is 0 Å². The largest absolute Gasteiger partial charge is 0.343 e. The molecule has 0 aliphatic carbocycles. The minimum atomic E-state index is 0.725. The molecule has 0 radical (unpaired) electrons. The van der Waals surface area contributed by atoms with E-state index in [-0.39, 0.29) is 0 Å². The SMILES string of the molecule is Cc1c(Br)c2cc(C3CNC3)cc3c2n1CCC3. The number of nitrogens with zero attached hydrogens (tertiary/aromatic N) is 1. The van der Waals surface area contributed by atoms with Gasteiger partial charge >= 0.3 is 0 Å². The molecule has 1 N–H and O–H groups in total. The van der Waals surface area contributed by atoms with Gasteiger partial charge in [0.25, 0.3) is 0 Å². The van der Waals surface area contributed by atoms with Crippen molar-refractivity contribution in [2.75, 3.05) is 13.1 Å². The highest BCUT2D eigenvalue weighted by atomic mass is 79.9. The van der Waals surface area contributed by atoms with Gasteiger partial charge in [-0.15, -0.1) is 0 Å². The highest BCUT2D eigenvalue weighted by Gasteiger charge is 2.24. The third-order valence-corrected chi connectivity index (χ3v) is 5.52. The summed E-state index contributed by atoms with van der Waals surface area (Å²) in [5, 5.41) is 4.80. The topological polar surface area (TPSA) is 17.0 Å². The first-order valence-electron chi connectivity index (χ1n) is 6.77. The van der Waals surface area contributed by atoms with Gasteiger partial charge in [-0.1, -0.05) is 6.07 Å². The fourth-order valence-electron chi connectivity index (χ4n) is 3.34. The van der Waals surface area contributed by atoms with Crippen molar-refractivity contribution in [2.45, 2.75) is 32.2 Å². The molecule has 0 unspecified atom stereocenters. The Morgan fingerprint density at radius 2 is 2.17 bits per heavy atom. The van der Waals surface area contributed by atoms with Crippen molar-refractivity contribution in [1.29, 1.82) is 0 Å². The van der Waals surface area contributed by atoms with Gasteiger partial charge in [0.2, 0.25) is 0 Å². The normalized spacial score (nSPS) is 19.2. The molecule has 2 nitrogen and oxygen atoms in total. The molecule has 1 aromatic heterocycles. The predicted octanol–water partition coefficient (Wildman–Crippen LogP) is 3.35. The van der Waals surface area contributed by atoms with Gasteiger partial charge in [-0.05, 0) is 52.9 Å². The number of rotatable bonds is 1. The molecule has 3 heteroatoms. The van der Waals surface area contributed by atoms with Crippen molar-refractivity contribution in [3.8, 4) is 0 Å². The van der Waals surface area contributed by atoms with Gasteiger partial charge < -0.3 is 9.88 Å². The quantitative estimate of drug-likeness (QED) is 0.855. The fourth-order valence-corrected chi connectivity index (χ4v) is 3.86. The molecular weight excluding hydrogens is 288 g/mol. The Kier molecular flexibility index (Phi) is 2.36. The second-order valence-electron chi connectivity index (χ2n) is 5.59. The lowest BCUT2D eigenvalue weighted by atomic mass is 9.90. The highest BCUT2D eigenvalue weighted by molar-refractivity contribution is 9.10. The molecule has 3 heterocycles. The van der Waals surface area contributed by atoms with Crippen molar-refractivity contribution in [3.05, 3.63) is 33.4 Å². The first kappa shape index (κ1) is 11.1. The van der Waals surface area contributed by atoms with Crippen LogP contribution in [0.15, 0.2) is 16.6 Å². The first-order chi connectivity index (χ1) is 8.75. The Hall–Kier alpha value is -0.800. The lowest BCUT2D eigenvalue weighted by Gasteiger charge is -2.28. The van der Waals surface area contributed by atoms with Crippen molar-refractivity contribution in [3.63, 3.8) is 0 Å². The minimum Gasteiger partial charge on any atom is -0.343 e. The van der Waals surface area contributed by atoms with Crippen molar-refractivity contribution < 1.29 is 0 Å². The number of aryl methyl sites for hydroxylation is 2. The zero-order valence-corrected chi connectivity index (χ0v) is 12.2. The maximum atomic E-state index is 3.79. The second-order valence-corrected chi connectivity index (χ2v) is 6.38. The average Bonchev–Trinajstić information content (AvgIpc) is 2.55. The number of hydrogen-bond acceptors (Lipinski definition) is 1. The van der Waals surface area contributed by atoms with Gasteiger partial charge in [-0.3, -0.25) is 0 Å². The van der Waals surface area contributed by atoms with Crippen molar-refractivity contribution >= 4 is 26.8 Å². The van der Waals surface area contributed by atoms with Gasteiger partial charge in [0, 0.05) is 41.1 Å². The number of nitrogens with one attached hydrogen (secondary N) is 1. The summed E-state index contributed by atoms with van der Waals surface area (Å²) < 4.78 is 3.79. The molecule has 1 fully saturated rings. The molecule has 1 saturated heterocycles. The maximum Gasteiger partial charge on any atom is 0.0526 e. The van der Waals surface area contributed by atoms with Crippen molar-refractivity contribution in [1.82, 2.24) is 9.88 Å². The highest BCUT2D eigenvalue weighted by Crippen LogP contribution is 2.38. The summed E-state index contributed by atoms with van der Waals surface area (Å²) in [6, 6.07) is 4.86. The van der Waals surface area contributed by atoms with E-state index in [2.05, 4.69) is 44.9 Å². The van der Waals surface area contributed by atoms with Crippen LogP contribution in [0.1, 0.15) is 29.2 Å². The number of aromatic nitrogens is 1. The molecule has 0 bridgehead atoms. The van der Waals surface area contributed by atoms with E-state index in [1.165, 1.54) is 46.0 Å². The molecule has 94 valence electrons. The van der Waals surface area contributed by atoms with Crippen LogP contribution < -0.4 is 5.32 Å². The Morgan fingerprint density at radius 3 is 2.89 bits per heavy atom. The molecule has 2 aromatic rings. The summed E-state index contributed by atoms with van der Waals surface area (Å²) in [6.45, 7) is 5.68. The Labute approximate surface area is 115 Å². The van der Waals surface area contributed by atoms with Gasteiger partial charge in [-0.2, -0.15) is 0 Å². The van der Waals surface area contributed by atoms with Crippen LogP contribution in [-0.4, -0.2) is 17.7 Å². The number of halogens is 1. The van der Waals surface area contributed by atoms with E-state index < -0.39 is 0 Å². The molecule has 0 spiro atoms. The van der Waals surface area contributed by atoms with E-state index in [4.69, 9.17) is 0 Å². The number of benzene rings is 1. The lowest BCUT2D eigenvalue weighted by molar-refractivity contribution is 0.448. The van der Waals surface area contributed by atoms with Crippen LogP contribution in [0.5, 0.6) is 0 Å². The molecule has 2 aliphatic heterocycles. The van der Waals surface area contributed by atoms with Gasteiger partial charge in [0.1, 0.15) is 0 Å². The fraction of sp³-hybridized carbons (Fsp3) is 0.467. The van der Waals surface area contributed by atoms with E-state index >= 15 is 0 Å². The molecule has 2 aliphatic rings. The molecular formula is C15H17BrN2. The third kappa shape index (κ3) is 1.38. The summed E-state index contributed by atoms with van der Waals surface area (Å²) in [6.07, 6.45) is 2.51. The van der Waals surface area contributed by atoms with Crippen LogP contribution in [0.3, 0.4) is 0 Å². The van der Waals surface area contributed by atoms with Gasteiger partial charge in [-0.25, -0.2) is 0 Å². The zero-order chi connectivity index (χ0) is 12.3. The Morgan fingerprint density at radius 1 is 1.33 bits per heavy atom. The molecule has 0 amide bonds. The van der Waals surface area contributed by atoms with Gasteiger partial charge in [0.05, 0.1) is 5.52 Å². The summed E-state index contributed by atoms with van der Waals surface area (Å²) in [5.74, 6) is 0.725. The monoisotopic (exact) mass is 304 g/mol. The smallest absolute Gasteiger partial charge is 0.0526 e. The van der Waals surface area contributed by atoms with E-state index in [0.717, 1.165) is 19.0 Å². The average molecular weight is 305 g/mol. The summed E-state index contributed by atoms with van der Waals surface area (Å²) >= 11 is 3.79. The lowest BCUT2D eigenvalue weighted by Crippen LogP contribution is -2.39. The van der Waals surface area contributed by atoms with Crippen LogP contribution in [0.25, 0.3) is 10.9 Å². The van der Waals surface area contributed by atoms with Crippen LogP contribution in [0.4, 0.5) is 0 Å². The van der Waals surface area contributed by atoms with Crippen LogP contribution in [-0.2, 0) is 13.0 Å². The Balaban J connectivity index is 2.02. The van der Waals surface area contributed by atoms with E-state index in [9.17, 15) is 0 Å². The molecule has 0 atom stereocenters. The summed E-state index contributed by atoms with van der Waals surface area (Å²) in [4.78, 5) is 0. The van der Waals surface area contributed by atoms with Crippen LogP contribution in [0.2, 0.25) is 0 Å². The summed E-state index contributed by atoms with van der Waals surface area (Å²) in [7, 11) is 0. The van der Waals surface area contributed by atoms with E-state index in [1.807, 2.05) is 0 Å². The van der Waals surface area contributed by atoms with Crippen LogP contribution >= 0.6 is 15.9 Å². The number of hydrogen-bond donors (Lipinski definition) is 1. The third-order valence-electron chi connectivity index (χ3n) is 4.52. The maximum absolute atomic E-state index is 3.79. The zero-order valence-electron chi connectivity index (χ0n) is 10.6. The minimum absolute atomic E-state index is 0.725. The Bertz CT molecular complexity index is 638. The summed E-state index contributed by atoms with van der Waals surface area (Å²) in [5.41, 5.74) is 5.93. The second kappa shape index (κ2) is 3.84. The van der Waals surface area contributed by atoms with E-state index in [1.54, 1.807) is 5.56 Å². The van der Waals surface area contributed by atoms with Gasteiger partial charge in [0.15, 0.2) is 0 Å². The molecule has 18 heavy (non-hydrogen) atoms. The van der Waals surface area contributed by atoms with Crippen LogP contribution in [0, 0.1) is 6.92 Å². The standard InChI is InChI=1S/C15H17BrN2/c1-9-14(16)13-6-11(12-7-17-8-12)5-10-3-2-4-18(9)15(10)13/h5-6,12,17H,2-4,7-8H2,1H3. The predicted molar refractivity (Wildman–Crippen MR) is 78.3 cm³/mol. The molecule has 0 saturated carbocycles.